The van der Waals surface area contributed by atoms with Crippen LogP contribution in [0.1, 0.15) is 11.1 Å². The number of halogens is 1. The second kappa shape index (κ2) is 6.88. The molecule has 1 saturated heterocycles. The minimum Gasteiger partial charge on any atom is -0.374 e. The molecule has 1 heterocycles. The van der Waals surface area contributed by atoms with Crippen LogP contribution in [0, 0.1) is 11.3 Å². The number of hydrogen-bond acceptors (Lipinski definition) is 4. The first-order valence-corrected chi connectivity index (χ1v) is 6.76. The van der Waals surface area contributed by atoms with Crippen LogP contribution in [0.5, 0.6) is 0 Å². The number of rotatable bonds is 4. The van der Waals surface area contributed by atoms with Crippen LogP contribution in [0.3, 0.4) is 0 Å². The van der Waals surface area contributed by atoms with Gasteiger partial charge in [-0.15, -0.1) is 0 Å². The summed E-state index contributed by atoms with van der Waals surface area (Å²) in [4.78, 5) is 2.19. The van der Waals surface area contributed by atoms with E-state index in [9.17, 15) is 0 Å². The van der Waals surface area contributed by atoms with Gasteiger partial charge in [-0.3, -0.25) is 4.90 Å². The summed E-state index contributed by atoms with van der Waals surface area (Å²) in [5.74, 6) is 0. The Hall–Kier alpha value is -1.12. The summed E-state index contributed by atoms with van der Waals surface area (Å²) in [5.41, 5.74) is 1.63. The van der Waals surface area contributed by atoms with Gasteiger partial charge in [-0.05, 0) is 24.7 Å². The van der Waals surface area contributed by atoms with Crippen LogP contribution in [0.15, 0.2) is 18.2 Å². The lowest BCUT2D eigenvalue weighted by Gasteiger charge is -2.28. The van der Waals surface area contributed by atoms with E-state index < -0.39 is 0 Å². The molecular weight excluding hydrogens is 262 g/mol. The van der Waals surface area contributed by atoms with Gasteiger partial charge in [0.25, 0.3) is 0 Å². The third-order valence-electron chi connectivity index (χ3n) is 3.14. The predicted octanol–water partition coefficient (Wildman–Crippen LogP) is 1.63. The zero-order valence-electron chi connectivity index (χ0n) is 11.0. The van der Waals surface area contributed by atoms with Crippen LogP contribution in [0.2, 0.25) is 5.02 Å². The lowest BCUT2D eigenvalue weighted by molar-refractivity contribution is 0.00885. The van der Waals surface area contributed by atoms with E-state index in [-0.39, 0.29) is 6.10 Å². The van der Waals surface area contributed by atoms with Gasteiger partial charge in [0, 0.05) is 31.2 Å². The lowest BCUT2D eigenvalue weighted by Crippen LogP contribution is -2.44. The summed E-state index contributed by atoms with van der Waals surface area (Å²) in [5, 5.41) is 12.8. The summed E-state index contributed by atoms with van der Waals surface area (Å²) < 4.78 is 5.67. The van der Waals surface area contributed by atoms with E-state index in [0.29, 0.717) is 10.6 Å². The van der Waals surface area contributed by atoms with Gasteiger partial charge < -0.3 is 10.1 Å². The molecule has 1 unspecified atom stereocenters. The highest BCUT2D eigenvalue weighted by atomic mass is 35.5. The van der Waals surface area contributed by atoms with Crippen LogP contribution in [-0.4, -0.2) is 44.3 Å². The Bertz CT molecular complexity index is 466. The molecule has 0 spiro atoms. The predicted molar refractivity (Wildman–Crippen MR) is 75.1 cm³/mol. The molecule has 19 heavy (non-hydrogen) atoms. The quantitative estimate of drug-likeness (QED) is 0.910. The van der Waals surface area contributed by atoms with Crippen LogP contribution in [0.25, 0.3) is 0 Å². The Morgan fingerprint density at radius 1 is 1.58 bits per heavy atom. The highest BCUT2D eigenvalue weighted by Crippen LogP contribution is 2.19. The second-order valence-corrected chi connectivity index (χ2v) is 5.22. The van der Waals surface area contributed by atoms with Crippen LogP contribution < -0.4 is 5.32 Å². The fourth-order valence-corrected chi connectivity index (χ4v) is 2.43. The van der Waals surface area contributed by atoms with Crippen molar-refractivity contribution in [2.24, 2.45) is 0 Å². The monoisotopic (exact) mass is 279 g/mol. The van der Waals surface area contributed by atoms with E-state index in [1.165, 1.54) is 0 Å². The molecule has 1 atom stereocenters. The molecule has 0 bridgehead atoms. The summed E-state index contributed by atoms with van der Waals surface area (Å²) >= 11 is 6.17. The maximum Gasteiger partial charge on any atom is 0.0992 e. The van der Waals surface area contributed by atoms with Crippen molar-refractivity contribution in [3.05, 3.63) is 34.3 Å². The molecule has 5 heteroatoms. The number of nitriles is 1. The third-order valence-corrected chi connectivity index (χ3v) is 3.49. The Balaban J connectivity index is 1.91. The van der Waals surface area contributed by atoms with E-state index >= 15 is 0 Å². The molecule has 0 aromatic heterocycles. The largest absolute Gasteiger partial charge is 0.374 e. The first-order valence-electron chi connectivity index (χ1n) is 6.38. The molecule has 2 rings (SSSR count). The van der Waals surface area contributed by atoms with Gasteiger partial charge in [-0.1, -0.05) is 17.7 Å². The summed E-state index contributed by atoms with van der Waals surface area (Å²) in [6, 6.07) is 7.51. The summed E-state index contributed by atoms with van der Waals surface area (Å²) in [6.45, 7) is 4.22. The number of nitrogens with one attached hydrogen (secondary N) is 1. The van der Waals surface area contributed by atoms with Crippen molar-refractivity contribution in [1.82, 2.24) is 10.2 Å². The molecule has 0 aliphatic carbocycles. The number of likely N-dealkylation sites (N-methyl/N-ethyl adjacent to an activating group) is 1. The van der Waals surface area contributed by atoms with Gasteiger partial charge in [0.1, 0.15) is 0 Å². The Morgan fingerprint density at radius 2 is 2.42 bits per heavy atom. The van der Waals surface area contributed by atoms with Crippen molar-refractivity contribution in [2.75, 3.05) is 33.3 Å². The number of ether oxygens (including phenoxy) is 1. The van der Waals surface area contributed by atoms with Crippen molar-refractivity contribution >= 4 is 11.6 Å². The van der Waals surface area contributed by atoms with E-state index in [1.807, 2.05) is 13.1 Å². The number of nitrogens with zero attached hydrogens (tertiary/aromatic N) is 2. The minimum absolute atomic E-state index is 0.232. The average molecular weight is 280 g/mol. The smallest absolute Gasteiger partial charge is 0.0992 e. The maximum atomic E-state index is 8.81. The molecule has 1 aliphatic heterocycles. The van der Waals surface area contributed by atoms with Gasteiger partial charge in [0.05, 0.1) is 24.3 Å². The van der Waals surface area contributed by atoms with Crippen LogP contribution in [0.4, 0.5) is 0 Å². The van der Waals surface area contributed by atoms with Gasteiger partial charge in [-0.2, -0.15) is 5.26 Å². The zero-order chi connectivity index (χ0) is 13.7. The molecule has 1 aliphatic rings. The standard InChI is InChI=1S/C14H18ClN3O/c1-18(10-13-8-17-4-5-19-13)9-12-3-2-11(7-16)6-14(12)15/h2-3,6,13,17H,4-5,8-10H2,1H3. The molecule has 0 radical (unpaired) electrons. The van der Waals surface area contributed by atoms with E-state index in [4.69, 9.17) is 21.6 Å². The highest BCUT2D eigenvalue weighted by molar-refractivity contribution is 6.31. The first kappa shape index (κ1) is 14.3. The number of hydrogen-bond donors (Lipinski definition) is 1. The van der Waals surface area contributed by atoms with Crippen molar-refractivity contribution in [3.63, 3.8) is 0 Å². The summed E-state index contributed by atoms with van der Waals surface area (Å²) in [6.07, 6.45) is 0.232. The fraction of sp³-hybridized carbons (Fsp3) is 0.500. The second-order valence-electron chi connectivity index (χ2n) is 4.81. The van der Waals surface area contributed by atoms with Crippen molar-refractivity contribution in [2.45, 2.75) is 12.6 Å². The maximum absolute atomic E-state index is 8.81. The number of morpholine rings is 1. The van der Waals surface area contributed by atoms with Crippen LogP contribution in [-0.2, 0) is 11.3 Å². The molecule has 1 N–H and O–H groups in total. The Labute approximate surface area is 118 Å². The molecule has 1 fully saturated rings. The lowest BCUT2D eigenvalue weighted by atomic mass is 10.1. The van der Waals surface area contributed by atoms with E-state index in [0.717, 1.165) is 38.3 Å². The minimum atomic E-state index is 0.232. The highest BCUT2D eigenvalue weighted by Gasteiger charge is 2.16. The van der Waals surface area contributed by atoms with Gasteiger partial charge >= 0.3 is 0 Å². The fourth-order valence-electron chi connectivity index (χ4n) is 2.19. The zero-order valence-corrected chi connectivity index (χ0v) is 11.8. The molecule has 4 nitrogen and oxygen atoms in total. The first-order chi connectivity index (χ1) is 9.19. The number of benzene rings is 1. The molecule has 0 amide bonds. The average Bonchev–Trinajstić information content (AvgIpc) is 2.42. The van der Waals surface area contributed by atoms with E-state index in [2.05, 4.69) is 16.3 Å². The van der Waals surface area contributed by atoms with Gasteiger partial charge in [0.15, 0.2) is 0 Å². The normalized spacial score (nSPS) is 19.4. The molecule has 102 valence electrons. The molecule has 1 aromatic rings. The third kappa shape index (κ3) is 4.19. The van der Waals surface area contributed by atoms with Crippen molar-refractivity contribution < 1.29 is 4.74 Å². The Morgan fingerprint density at radius 3 is 3.05 bits per heavy atom. The molecule has 1 aromatic carbocycles. The van der Waals surface area contributed by atoms with Crippen LogP contribution >= 0.6 is 11.6 Å². The van der Waals surface area contributed by atoms with Gasteiger partial charge in [-0.25, -0.2) is 0 Å². The van der Waals surface area contributed by atoms with Gasteiger partial charge in [0.2, 0.25) is 0 Å². The molecular formula is C14H18ClN3O. The van der Waals surface area contributed by atoms with E-state index in [1.54, 1.807) is 12.1 Å². The van der Waals surface area contributed by atoms with Crippen molar-refractivity contribution in [1.29, 1.82) is 5.26 Å². The van der Waals surface area contributed by atoms with Crippen molar-refractivity contribution in [3.8, 4) is 6.07 Å². The summed E-state index contributed by atoms with van der Waals surface area (Å²) in [7, 11) is 2.05. The topological polar surface area (TPSA) is 48.3 Å². The Kier molecular flexibility index (Phi) is 5.17. The molecule has 0 saturated carbocycles. The SMILES string of the molecule is CN(Cc1ccc(C#N)cc1Cl)CC1CNCCO1.